The van der Waals surface area contributed by atoms with Gasteiger partial charge in [0.25, 0.3) is 0 Å². The van der Waals surface area contributed by atoms with Crippen molar-refractivity contribution in [1.29, 1.82) is 5.41 Å². The first-order valence-corrected chi connectivity index (χ1v) is 6.49. The molecule has 0 saturated heterocycles. The molecule has 0 bridgehead atoms. The zero-order valence-electron chi connectivity index (χ0n) is 11.8. The van der Waals surface area contributed by atoms with Gasteiger partial charge in [-0.25, -0.2) is 8.78 Å². The van der Waals surface area contributed by atoms with Crippen LogP contribution in [0.15, 0.2) is 36.4 Å². The van der Waals surface area contributed by atoms with E-state index in [0.717, 1.165) is 17.7 Å². The van der Waals surface area contributed by atoms with Crippen LogP contribution in [0.3, 0.4) is 0 Å². The number of nitrogens with two attached hydrogens (primary N) is 1. The van der Waals surface area contributed by atoms with Gasteiger partial charge in [-0.3, -0.25) is 5.41 Å². The summed E-state index contributed by atoms with van der Waals surface area (Å²) < 4.78 is 33.1. The number of nitrogens with one attached hydrogen (secondary N) is 1. The van der Waals surface area contributed by atoms with Gasteiger partial charge in [0.2, 0.25) is 0 Å². The number of nitrogen functional groups attached to an aromatic ring is 1. The second-order valence-electron chi connectivity index (χ2n) is 5.01. The van der Waals surface area contributed by atoms with Crippen LogP contribution in [0, 0.1) is 17.0 Å². The second kappa shape index (κ2) is 5.91. The molecule has 0 aliphatic heterocycles. The Morgan fingerprint density at radius 3 is 2.29 bits per heavy atom. The van der Waals surface area contributed by atoms with Crippen LogP contribution in [-0.2, 0) is 0 Å². The number of rotatable bonds is 4. The summed E-state index contributed by atoms with van der Waals surface area (Å²) in [4.78, 5) is 0. The Morgan fingerprint density at radius 2 is 1.76 bits per heavy atom. The first kappa shape index (κ1) is 15.0. The van der Waals surface area contributed by atoms with Crippen molar-refractivity contribution in [2.45, 2.75) is 19.8 Å². The topological polar surface area (TPSA) is 59.1 Å². The van der Waals surface area contributed by atoms with E-state index in [9.17, 15) is 8.78 Å². The predicted molar refractivity (Wildman–Crippen MR) is 78.0 cm³/mol. The second-order valence-corrected chi connectivity index (χ2v) is 5.01. The monoisotopic (exact) mass is 290 g/mol. The molecule has 3 nitrogen and oxygen atoms in total. The molecule has 0 amide bonds. The van der Waals surface area contributed by atoms with Gasteiger partial charge < -0.3 is 10.5 Å². The number of ether oxygens (including phenoxy) is 1. The number of hydrogen-bond acceptors (Lipinski definition) is 2. The van der Waals surface area contributed by atoms with E-state index in [1.54, 1.807) is 18.2 Å². The lowest BCUT2D eigenvalue weighted by atomic mass is 10.0. The van der Waals surface area contributed by atoms with Crippen LogP contribution in [0.25, 0.3) is 0 Å². The van der Waals surface area contributed by atoms with Gasteiger partial charge >= 0.3 is 0 Å². The molecule has 0 aliphatic carbocycles. The van der Waals surface area contributed by atoms with Gasteiger partial charge in [-0.05, 0) is 35.7 Å². The molecule has 3 N–H and O–H groups in total. The third-order valence-corrected chi connectivity index (χ3v) is 3.05. The Kier molecular flexibility index (Phi) is 4.21. The number of halogens is 2. The minimum Gasteiger partial charge on any atom is -0.451 e. The van der Waals surface area contributed by atoms with Crippen LogP contribution < -0.4 is 10.5 Å². The minimum atomic E-state index is -0.893. The van der Waals surface area contributed by atoms with E-state index in [2.05, 4.69) is 0 Å². The van der Waals surface area contributed by atoms with Crippen molar-refractivity contribution in [3.8, 4) is 11.5 Å². The fourth-order valence-electron chi connectivity index (χ4n) is 1.87. The molecular formula is C16H16F2N2O. The number of hydrogen-bond donors (Lipinski definition) is 2. The fraction of sp³-hybridized carbons (Fsp3) is 0.188. The molecule has 0 radical (unpaired) electrons. The Morgan fingerprint density at radius 1 is 1.14 bits per heavy atom. The van der Waals surface area contributed by atoms with E-state index in [0.29, 0.717) is 5.75 Å². The van der Waals surface area contributed by atoms with E-state index in [4.69, 9.17) is 15.9 Å². The largest absolute Gasteiger partial charge is 0.451 e. The van der Waals surface area contributed by atoms with Crippen molar-refractivity contribution in [3.05, 3.63) is 59.2 Å². The van der Waals surface area contributed by atoms with E-state index in [1.807, 2.05) is 19.9 Å². The first-order valence-electron chi connectivity index (χ1n) is 6.49. The normalized spacial score (nSPS) is 10.7. The summed E-state index contributed by atoms with van der Waals surface area (Å²) >= 11 is 0. The number of amidine groups is 1. The highest BCUT2D eigenvalue weighted by atomic mass is 19.1. The summed E-state index contributed by atoms with van der Waals surface area (Å²) in [6.45, 7) is 4.03. The Bertz CT molecular complexity index is 661. The molecule has 2 rings (SSSR count). The molecule has 0 spiro atoms. The van der Waals surface area contributed by atoms with Crippen molar-refractivity contribution in [2.75, 3.05) is 0 Å². The van der Waals surface area contributed by atoms with Gasteiger partial charge in [-0.15, -0.1) is 0 Å². The third kappa shape index (κ3) is 3.37. The maximum absolute atomic E-state index is 13.9. The van der Waals surface area contributed by atoms with E-state index < -0.39 is 23.2 Å². The summed E-state index contributed by atoms with van der Waals surface area (Å²) in [6, 6.07) is 9.01. The molecule has 0 heterocycles. The maximum atomic E-state index is 13.9. The number of benzene rings is 2. The average molecular weight is 290 g/mol. The molecule has 0 saturated carbocycles. The fourth-order valence-corrected chi connectivity index (χ4v) is 1.87. The van der Waals surface area contributed by atoms with Crippen molar-refractivity contribution < 1.29 is 13.5 Å². The van der Waals surface area contributed by atoms with Crippen molar-refractivity contribution in [2.24, 2.45) is 5.73 Å². The van der Waals surface area contributed by atoms with E-state index in [-0.39, 0.29) is 11.5 Å². The van der Waals surface area contributed by atoms with Gasteiger partial charge in [0.1, 0.15) is 11.6 Å². The van der Waals surface area contributed by atoms with E-state index in [1.165, 1.54) is 0 Å². The molecule has 0 fully saturated rings. The minimum absolute atomic E-state index is 0.0201. The lowest BCUT2D eigenvalue weighted by molar-refractivity contribution is 0.407. The van der Waals surface area contributed by atoms with Crippen molar-refractivity contribution in [3.63, 3.8) is 0 Å². The first-order chi connectivity index (χ1) is 9.88. The van der Waals surface area contributed by atoms with Crippen molar-refractivity contribution in [1.82, 2.24) is 0 Å². The molecule has 0 unspecified atom stereocenters. The summed E-state index contributed by atoms with van der Waals surface area (Å²) in [5, 5.41) is 7.20. The lowest BCUT2D eigenvalue weighted by Crippen LogP contribution is -2.12. The molecule has 2 aromatic carbocycles. The molecular weight excluding hydrogens is 274 g/mol. The average Bonchev–Trinajstić information content (AvgIpc) is 2.42. The highest BCUT2D eigenvalue weighted by Gasteiger charge is 2.15. The highest BCUT2D eigenvalue weighted by Crippen LogP contribution is 2.30. The predicted octanol–water partition coefficient (Wildman–Crippen LogP) is 4.16. The van der Waals surface area contributed by atoms with Crippen LogP contribution in [-0.4, -0.2) is 5.84 Å². The molecule has 0 aromatic heterocycles. The SMILES string of the molecule is CC(C)c1cccc(Oc2c(F)cc(C(=N)N)cc2F)c1. The molecule has 2 aromatic rings. The Labute approximate surface area is 121 Å². The maximum Gasteiger partial charge on any atom is 0.198 e. The van der Waals surface area contributed by atoms with Crippen LogP contribution in [0.1, 0.15) is 30.9 Å². The lowest BCUT2D eigenvalue weighted by Gasteiger charge is -2.11. The zero-order chi connectivity index (χ0) is 15.6. The van der Waals surface area contributed by atoms with Crippen LogP contribution in [0.5, 0.6) is 11.5 Å². The summed E-state index contributed by atoms with van der Waals surface area (Å²) in [5.74, 6) is -2.05. The summed E-state index contributed by atoms with van der Waals surface area (Å²) in [6.07, 6.45) is 0. The van der Waals surface area contributed by atoms with Gasteiger partial charge in [-0.2, -0.15) is 0 Å². The zero-order valence-corrected chi connectivity index (χ0v) is 11.8. The summed E-state index contributed by atoms with van der Waals surface area (Å²) in [5.41, 5.74) is 6.20. The highest BCUT2D eigenvalue weighted by molar-refractivity contribution is 5.95. The third-order valence-electron chi connectivity index (χ3n) is 3.05. The smallest absolute Gasteiger partial charge is 0.198 e. The van der Waals surface area contributed by atoms with Gasteiger partial charge in [0, 0.05) is 5.56 Å². The van der Waals surface area contributed by atoms with Gasteiger partial charge in [0.15, 0.2) is 17.4 Å². The van der Waals surface area contributed by atoms with Crippen molar-refractivity contribution >= 4 is 5.84 Å². The molecule has 110 valence electrons. The Balaban J connectivity index is 2.36. The summed E-state index contributed by atoms with van der Waals surface area (Å²) in [7, 11) is 0. The van der Waals surface area contributed by atoms with Gasteiger partial charge in [-0.1, -0.05) is 26.0 Å². The van der Waals surface area contributed by atoms with Crippen LogP contribution in [0.4, 0.5) is 8.78 Å². The van der Waals surface area contributed by atoms with Gasteiger partial charge in [0.05, 0.1) is 0 Å². The molecule has 21 heavy (non-hydrogen) atoms. The molecule has 0 atom stereocenters. The molecule has 0 aliphatic rings. The quantitative estimate of drug-likeness (QED) is 0.656. The van der Waals surface area contributed by atoms with E-state index >= 15 is 0 Å². The molecule has 5 heteroatoms. The standard InChI is InChI=1S/C16H16F2N2O/c1-9(2)10-4-3-5-12(6-10)21-15-13(17)7-11(16(19)20)8-14(15)18/h3-9H,1-2H3,(H3,19,20). The van der Waals surface area contributed by atoms with Crippen LogP contribution in [0.2, 0.25) is 0 Å². The Hall–Kier alpha value is -2.43. The van der Waals surface area contributed by atoms with Crippen LogP contribution >= 0.6 is 0 Å².